The molecular formula is C67H118N9O10P3S3. The fourth-order valence-corrected chi connectivity index (χ4v) is 19.9. The molecule has 3 rings (SSSR count). The van der Waals surface area contributed by atoms with Crippen molar-refractivity contribution in [1.29, 1.82) is 0 Å². The lowest BCUT2D eigenvalue weighted by molar-refractivity contribution is -0.0893. The molecule has 0 spiro atoms. The number of ether oxygens (including phenoxy) is 4. The predicted molar refractivity (Wildman–Crippen MR) is 394 cm³/mol. The van der Waals surface area contributed by atoms with Gasteiger partial charge >= 0.3 is 0 Å². The van der Waals surface area contributed by atoms with Crippen LogP contribution < -0.4 is 17.2 Å². The van der Waals surface area contributed by atoms with Crippen molar-refractivity contribution in [3.05, 3.63) is 89.5 Å². The second kappa shape index (κ2) is 44.7. The van der Waals surface area contributed by atoms with Gasteiger partial charge in [-0.25, -0.2) is 28.0 Å². The summed E-state index contributed by atoms with van der Waals surface area (Å²) in [6.07, 6.45) is 4.32. The number of carbonyl (C=O) groups excluding carboxylic acids is 3. The van der Waals surface area contributed by atoms with E-state index >= 15 is 0 Å². The van der Waals surface area contributed by atoms with E-state index in [0.29, 0.717) is 65.7 Å². The summed E-state index contributed by atoms with van der Waals surface area (Å²) in [4.78, 5) is 38.5. The number of hydrogen-bond acceptors (Lipinski definition) is 22. The fraction of sp³-hybridized carbons (Fsp3) is 0.687. The Morgan fingerprint density at radius 1 is 0.348 bits per heavy atom. The lowest BCUT2D eigenvalue weighted by Gasteiger charge is -2.48. The van der Waals surface area contributed by atoms with Crippen molar-refractivity contribution in [1.82, 2.24) is 28.0 Å². The molecule has 0 aliphatic heterocycles. The second-order valence-electron chi connectivity index (χ2n) is 25.5. The monoisotopic (exact) mass is 1400 g/mol. The Morgan fingerprint density at radius 2 is 0.641 bits per heavy atom. The Labute approximate surface area is 572 Å². The molecular weight excluding hydrogens is 1280 g/mol. The first-order valence-electron chi connectivity index (χ1n) is 32.9. The van der Waals surface area contributed by atoms with Crippen LogP contribution >= 0.6 is 60.6 Å². The van der Waals surface area contributed by atoms with Crippen LogP contribution in [0.4, 0.5) is 17.1 Å². The maximum Gasteiger partial charge on any atom is 0.221 e. The van der Waals surface area contributed by atoms with Crippen LogP contribution in [0, 0.1) is 0 Å². The van der Waals surface area contributed by atoms with Crippen LogP contribution in [-0.2, 0) is 32.5 Å². The van der Waals surface area contributed by atoms with Crippen LogP contribution in [-0.4, -0.2) is 174 Å². The van der Waals surface area contributed by atoms with E-state index in [1.807, 2.05) is 0 Å². The van der Waals surface area contributed by atoms with Crippen molar-refractivity contribution in [2.75, 3.05) is 75.0 Å². The third-order valence-electron chi connectivity index (χ3n) is 15.0. The molecule has 7 atom stereocenters. The number of nitrogens with zero attached hydrogens (tertiary/aromatic N) is 6. The van der Waals surface area contributed by atoms with E-state index in [0.717, 1.165) is 49.2 Å². The summed E-state index contributed by atoms with van der Waals surface area (Å²) >= 11 is 3.46. The SMILES string of the molecule is CC(C)N(C(C)C)P(OCOCCSC(=O)c1ccc(N)cc1)N(C(C)C)C(C)CCC(C)N(C(C)C)P(OCCCOCSC(=O)c1ccc(N)cc1)N(C(C)C)C(C)CCC(C)N(C(C)C)P(OCOCOCSC(=O)c1ccc(N)cc1)N(C(C)C)C(C)C. The smallest absolute Gasteiger partial charge is 0.221 e. The highest BCUT2D eigenvalue weighted by Crippen LogP contribution is 2.55. The molecule has 25 heteroatoms. The number of hydrogen-bond donors (Lipinski definition) is 3. The Balaban J connectivity index is 1.87. The molecule has 0 aliphatic carbocycles. The number of anilines is 3. The minimum Gasteiger partial charge on any atom is -0.399 e. The summed E-state index contributed by atoms with van der Waals surface area (Å²) < 4.78 is 60.1. The highest BCUT2D eigenvalue weighted by molar-refractivity contribution is 8.14. The van der Waals surface area contributed by atoms with Gasteiger partial charge in [-0.1, -0.05) is 35.3 Å². The molecule has 0 bridgehead atoms. The summed E-state index contributed by atoms with van der Waals surface area (Å²) in [5.74, 6) is 0.901. The first-order chi connectivity index (χ1) is 43.5. The topological polar surface area (TPSA) is 213 Å². The third-order valence-corrected chi connectivity index (χ3v) is 26.1. The van der Waals surface area contributed by atoms with Crippen LogP contribution in [0.2, 0.25) is 0 Å². The molecule has 524 valence electrons. The molecule has 19 nitrogen and oxygen atoms in total. The van der Waals surface area contributed by atoms with Crippen LogP contribution in [0.5, 0.6) is 0 Å². The average Bonchev–Trinajstić information content (AvgIpc) is 0.855. The maximum absolute atomic E-state index is 12.9. The van der Waals surface area contributed by atoms with Gasteiger partial charge in [-0.2, -0.15) is 0 Å². The van der Waals surface area contributed by atoms with Gasteiger partial charge in [0.15, 0.2) is 45.7 Å². The molecule has 3 aromatic rings. The summed E-state index contributed by atoms with van der Waals surface area (Å²) in [5, 5.41) is -0.163. The summed E-state index contributed by atoms with van der Waals surface area (Å²) in [6, 6.07) is 22.9. The van der Waals surface area contributed by atoms with Gasteiger partial charge in [0.25, 0.3) is 0 Å². The first kappa shape index (κ1) is 84.1. The molecule has 0 heterocycles. The molecule has 0 saturated carbocycles. The van der Waals surface area contributed by atoms with E-state index in [1.165, 1.54) is 11.8 Å². The lowest BCUT2D eigenvalue weighted by Crippen LogP contribution is -2.47. The molecule has 92 heavy (non-hydrogen) atoms. The zero-order chi connectivity index (χ0) is 68.8. The molecule has 3 aromatic carbocycles. The molecule has 0 saturated heterocycles. The molecule has 0 aliphatic rings. The molecule has 0 fully saturated rings. The zero-order valence-corrected chi connectivity index (χ0v) is 64.5. The van der Waals surface area contributed by atoms with E-state index in [1.54, 1.807) is 72.8 Å². The van der Waals surface area contributed by atoms with Crippen molar-refractivity contribution in [3.8, 4) is 0 Å². The Bertz CT molecular complexity index is 2500. The lowest BCUT2D eigenvalue weighted by atomic mass is 10.1. The van der Waals surface area contributed by atoms with Crippen LogP contribution in [0.3, 0.4) is 0 Å². The largest absolute Gasteiger partial charge is 0.399 e. The number of rotatable bonds is 47. The van der Waals surface area contributed by atoms with Crippen molar-refractivity contribution in [2.24, 2.45) is 0 Å². The van der Waals surface area contributed by atoms with Gasteiger partial charge in [0.1, 0.15) is 5.94 Å². The van der Waals surface area contributed by atoms with Crippen LogP contribution in [0.1, 0.15) is 202 Å². The quantitative estimate of drug-likeness (QED) is 0.0207. The third kappa shape index (κ3) is 29.1. The molecule has 0 aromatic heterocycles. The van der Waals surface area contributed by atoms with Crippen molar-refractivity contribution in [2.45, 2.75) is 243 Å². The highest BCUT2D eigenvalue weighted by Gasteiger charge is 2.41. The number of carbonyl (C=O) groups is 3. The average molecular weight is 1400 g/mol. The highest BCUT2D eigenvalue weighted by atomic mass is 32.2. The molecule has 0 amide bonds. The van der Waals surface area contributed by atoms with Gasteiger partial charge in [-0.15, -0.1) is 0 Å². The molecule has 6 N–H and O–H groups in total. The number of nitrogens with two attached hydrogens (primary N) is 3. The summed E-state index contributed by atoms with van der Waals surface area (Å²) in [7, 11) is -3.86. The van der Waals surface area contributed by atoms with Gasteiger partial charge in [0.05, 0.1) is 19.2 Å². The Kier molecular flexibility index (Phi) is 40.9. The van der Waals surface area contributed by atoms with Crippen LogP contribution in [0.15, 0.2) is 72.8 Å². The van der Waals surface area contributed by atoms with Gasteiger partial charge in [-0.3, -0.25) is 14.4 Å². The number of benzene rings is 3. The first-order valence-corrected chi connectivity index (χ1v) is 39.3. The number of nitrogen functional groups attached to an aromatic ring is 3. The van der Waals surface area contributed by atoms with E-state index in [9.17, 15) is 14.4 Å². The van der Waals surface area contributed by atoms with E-state index in [4.69, 9.17) is 49.7 Å². The van der Waals surface area contributed by atoms with E-state index in [2.05, 4.69) is 166 Å². The standard InChI is InChI=1S/C67H118N9O10P3S3/c1-47(2)71(48(3)4)87(85-43-80-40-41-90-65(77)59-26-32-62(68)33-27-59)73(51(9)10)55(17)22-24-57(19)75(53(13)14)89(84-39-21-38-81-45-91-66(78)60-28-34-63(69)35-29-60)76(54(15)16)58(20)25-23-56(18)74(52(11)12)88(72(49(5)6)50(7)8)86-44-82-42-83-46-92-67(79)61-30-36-64(70)37-31-61/h26-37,47-58H,21-25,38-46,68-70H2,1-20H3. The van der Waals surface area contributed by atoms with Gasteiger partial charge in [0.2, 0.25) is 15.3 Å². The zero-order valence-electron chi connectivity index (χ0n) is 59.3. The second-order valence-corrected chi connectivity index (χ2v) is 33.4. The Hall–Kier alpha value is -2.11. The minimum atomic E-state index is -1.32. The van der Waals surface area contributed by atoms with Gasteiger partial charge in [0, 0.05) is 119 Å². The van der Waals surface area contributed by atoms with Crippen molar-refractivity contribution >= 4 is 93.0 Å². The maximum atomic E-state index is 12.9. The normalized spacial score (nSPS) is 14.9. The van der Waals surface area contributed by atoms with Gasteiger partial charge < -0.3 is 49.7 Å². The summed E-state index contributed by atoms with van der Waals surface area (Å²) in [5.41, 5.74) is 21.2. The number of thioether (sulfide) groups is 3. The van der Waals surface area contributed by atoms with Crippen molar-refractivity contribution in [3.63, 3.8) is 0 Å². The Morgan fingerprint density at radius 3 is 0.967 bits per heavy atom. The van der Waals surface area contributed by atoms with Gasteiger partial charge in [-0.05, 0) is 243 Å². The molecule has 0 radical (unpaired) electrons. The predicted octanol–water partition coefficient (Wildman–Crippen LogP) is 16.6. The van der Waals surface area contributed by atoms with E-state index < -0.39 is 25.3 Å². The summed E-state index contributed by atoms with van der Waals surface area (Å²) in [6.45, 7) is 46.9. The van der Waals surface area contributed by atoms with E-state index in [-0.39, 0.29) is 120 Å². The van der Waals surface area contributed by atoms with Crippen LogP contribution in [0.25, 0.3) is 0 Å². The minimum absolute atomic E-state index is 0.0126. The molecule has 7 unspecified atom stereocenters. The van der Waals surface area contributed by atoms with Crippen molar-refractivity contribution < 1.29 is 46.9 Å². The fourth-order valence-electron chi connectivity index (χ4n) is 10.9.